The fourth-order valence-corrected chi connectivity index (χ4v) is 9.92. The largest absolute Gasteiger partial charge is 0.506 e. The van der Waals surface area contributed by atoms with Crippen molar-refractivity contribution in [1.29, 1.82) is 26.3 Å². The minimum atomic E-state index is -1.00. The smallest absolute Gasteiger partial charge is 0.419 e. The van der Waals surface area contributed by atoms with E-state index in [9.17, 15) is 43.5 Å². The lowest BCUT2D eigenvalue weighted by Gasteiger charge is -2.24. The number of carbonyl (C=O) groups excluding carboxylic acids is 1. The van der Waals surface area contributed by atoms with E-state index in [2.05, 4.69) is 34.1 Å². The Kier molecular flexibility index (Phi) is 43.1. The van der Waals surface area contributed by atoms with Gasteiger partial charge in [0.2, 0.25) is 0 Å². The molecular weight excluding hydrogens is 1320 g/mol. The number of carbonyl (C=O) groups is 1. The molecule has 0 radical (unpaired) electrons. The van der Waals surface area contributed by atoms with Crippen LogP contribution in [-0.4, -0.2) is 67.1 Å². The van der Waals surface area contributed by atoms with E-state index in [1.807, 2.05) is 54.6 Å². The van der Waals surface area contributed by atoms with Gasteiger partial charge >= 0.3 is 17.4 Å². The summed E-state index contributed by atoms with van der Waals surface area (Å²) in [5.41, 5.74) is 1.10. The summed E-state index contributed by atoms with van der Waals surface area (Å²) in [7, 11) is -1.00. The highest BCUT2D eigenvalue weighted by molar-refractivity contribution is 6.39. The number of pyridine rings is 4. The third-order valence-electron chi connectivity index (χ3n) is 13.4. The van der Waals surface area contributed by atoms with Gasteiger partial charge in [0, 0.05) is 27.1 Å². The van der Waals surface area contributed by atoms with Gasteiger partial charge in [0.15, 0.2) is 16.9 Å². The summed E-state index contributed by atoms with van der Waals surface area (Å²) in [5.74, 6) is -0.987. The molecule has 0 bridgehead atoms. The molecule has 0 amide bonds. The number of alkyl halides is 1. The number of aliphatic hydroxyl groups excluding tert-OH is 1. The lowest BCUT2D eigenvalue weighted by atomic mass is 9.97. The number of nitrogens with zero attached hydrogens (tertiary/aromatic N) is 6. The van der Waals surface area contributed by atoms with Crippen molar-refractivity contribution in [2.75, 3.05) is 13.8 Å². The maximum atomic E-state index is 12.0. The summed E-state index contributed by atoms with van der Waals surface area (Å²) in [5, 5.41) is 65.6. The minimum absolute atomic E-state index is 0. The summed E-state index contributed by atoms with van der Waals surface area (Å²) >= 11 is 17.7. The van der Waals surface area contributed by atoms with Crippen LogP contribution in [0.25, 0.3) is 54.5 Å². The predicted octanol–water partition coefficient (Wildman–Crippen LogP) is 17.0. The fourth-order valence-electron chi connectivity index (χ4n) is 9.06. The van der Waals surface area contributed by atoms with E-state index in [4.69, 9.17) is 67.1 Å². The van der Waals surface area contributed by atoms with Crippen molar-refractivity contribution in [2.24, 2.45) is 0 Å². The van der Waals surface area contributed by atoms with Gasteiger partial charge in [0.25, 0.3) is 16.7 Å². The summed E-state index contributed by atoms with van der Waals surface area (Å²) in [6.07, 6.45) is 11.4. The van der Waals surface area contributed by atoms with E-state index >= 15 is 0 Å². The summed E-state index contributed by atoms with van der Waals surface area (Å²) < 4.78 is 30.3. The monoisotopic (exact) mass is 1400 g/mol. The molecule has 2 saturated carbocycles. The predicted molar refractivity (Wildman–Crippen MR) is 392 cm³/mol. The number of rotatable bonds is 4. The van der Waals surface area contributed by atoms with Crippen LogP contribution >= 0.6 is 34.8 Å². The van der Waals surface area contributed by atoms with Gasteiger partial charge in [-0.05, 0) is 94.0 Å². The Bertz CT molecular complexity index is 4620. The average Bonchev–Trinajstić information content (AvgIpc) is 0.824. The maximum absolute atomic E-state index is 12.0. The van der Waals surface area contributed by atoms with Gasteiger partial charge in [0.05, 0.1) is 70.9 Å². The van der Waals surface area contributed by atoms with Crippen molar-refractivity contribution in [2.45, 2.75) is 142 Å². The normalized spacial score (nSPS) is 11.4. The second-order valence-corrected chi connectivity index (χ2v) is 20.4. The first-order valence-electron chi connectivity index (χ1n) is 28.6. The first-order valence-corrected chi connectivity index (χ1v) is 29.0. The number of aromatic nitrogens is 5. The molecule has 5 aromatic heterocycles. The van der Waals surface area contributed by atoms with Crippen LogP contribution < -0.4 is 32.8 Å². The first-order chi connectivity index (χ1) is 44.4. The second kappa shape index (κ2) is 47.3. The van der Waals surface area contributed by atoms with Crippen molar-refractivity contribution in [3.8, 4) is 41.8 Å². The molecule has 25 heteroatoms. The number of esters is 1. The van der Waals surface area contributed by atoms with Crippen molar-refractivity contribution < 1.29 is 34.7 Å². The Labute approximate surface area is 586 Å². The lowest BCUT2D eigenvalue weighted by molar-refractivity contribution is -0.141. The number of halogens is 4. The van der Waals surface area contributed by atoms with E-state index in [1.54, 1.807) is 104 Å². The van der Waals surface area contributed by atoms with E-state index in [-0.39, 0.29) is 114 Å². The molecule has 6 N–H and O–H groups in total. The van der Waals surface area contributed by atoms with E-state index in [0.29, 0.717) is 61.1 Å². The van der Waals surface area contributed by atoms with Crippen molar-refractivity contribution >= 4 is 95.3 Å². The summed E-state index contributed by atoms with van der Waals surface area (Å²) in [6.45, 7) is 2.05. The Balaban J connectivity index is -0.00000109. The number of nitriles is 5. The molecular formula is C73H86Cl3FN10O11. The molecule has 522 valence electrons. The number of ether oxygens (including phenoxy) is 2. The van der Waals surface area contributed by atoms with Crippen molar-refractivity contribution in [3.05, 3.63) is 211 Å². The maximum Gasteiger partial charge on any atom is 0.419 e. The van der Waals surface area contributed by atoms with Crippen LogP contribution in [0.2, 0.25) is 15.2 Å². The summed E-state index contributed by atoms with van der Waals surface area (Å²) in [4.78, 5) is 80.7. The third-order valence-corrected chi connectivity index (χ3v) is 14.4. The SMILES string of the molecule is C.C.C.C.C.C.C.CCOC(=O)CC#N.N#Cc1c(Cl)c2ccccc2[nH]c1=O.N#Cc1c(Cl)nc2ccccc2c1Cl.N#Cc1c(O)c2ccccc2[nH]c1=O.N#Cc1c(OC2CCCCC2)c2ccccc2[nH]c1=O.O=c1[nH]c2ccccc2c(=O)o1.OC1CCCCC1.[2H]CF. The van der Waals surface area contributed by atoms with Crippen LogP contribution in [0.3, 0.4) is 0 Å². The average molecular weight is 1410 g/mol. The molecule has 12 rings (SSSR count). The number of hydrogen-bond acceptors (Lipinski definition) is 17. The quantitative estimate of drug-likeness (QED) is 0.0704. The number of hydrogen-bond donors (Lipinski definition) is 6. The number of H-pyrrole nitrogens is 4. The van der Waals surface area contributed by atoms with E-state index in [1.165, 1.54) is 25.7 Å². The number of para-hydroxylation sites is 5. The van der Waals surface area contributed by atoms with Gasteiger partial charge in [-0.15, -0.1) is 0 Å². The minimum Gasteiger partial charge on any atom is -0.506 e. The highest BCUT2D eigenvalue weighted by Gasteiger charge is 2.21. The molecule has 0 aliphatic heterocycles. The standard InChI is InChI=1S/C16H16N2O2.C10H4Cl2N2.C10H5ClN2O.C10H6N2O2.C8H5NO3.C6H12O.C5H7NO2.CH3F.7CH4/c17-10-13-15(20-11-6-2-1-3-7-11)12-8-4-5-9-14(12)18-16(13)19;11-9-6-3-1-2-4-8(6)14-10(12)7(9)5-13;11-9-6-3-1-2-4-8(6)13-10(14)7(9)5-12;11-5-7-9(13)6-3-1-2-4-8(6)12-10(7)14;10-7-5-3-1-2-4-6(5)9-8(11)12-7;7-6-4-2-1-3-5-6;1-2-8-5(7)3-4-6;1-2;;;;;;;/h4-5,8-9,11H,1-3,6-7H2,(H,18,19);1-4H;1-4H,(H,13,14);1-4H,(H2,12,13,14);1-4H,(H,9,11);6-7H,1-5H2;2-3H2,1H3;1H3;7*1H4/i;;;;;;;1D;;;;;;;. The number of nitrogens with one attached hydrogen (secondary N) is 4. The molecule has 5 aromatic carbocycles. The second-order valence-electron chi connectivity index (χ2n) is 19.3. The number of benzene rings is 5. The van der Waals surface area contributed by atoms with Crippen molar-refractivity contribution in [3.63, 3.8) is 0 Å². The molecule has 2 aliphatic carbocycles. The molecule has 2 aliphatic rings. The highest BCUT2D eigenvalue weighted by Crippen LogP contribution is 2.32. The molecule has 0 spiro atoms. The van der Waals surface area contributed by atoms with Gasteiger partial charge in [0.1, 0.15) is 52.7 Å². The van der Waals surface area contributed by atoms with Gasteiger partial charge < -0.3 is 39.1 Å². The molecule has 2 fully saturated rings. The van der Waals surface area contributed by atoms with Crippen LogP contribution in [0.15, 0.2) is 150 Å². The van der Waals surface area contributed by atoms with Crippen LogP contribution in [-0.2, 0) is 9.53 Å². The van der Waals surface area contributed by atoms with Gasteiger partial charge in [-0.1, -0.05) is 185 Å². The van der Waals surface area contributed by atoms with E-state index in [0.717, 1.165) is 49.3 Å². The van der Waals surface area contributed by atoms with Gasteiger partial charge in [-0.2, -0.15) is 26.3 Å². The molecule has 0 unspecified atom stereocenters. The highest BCUT2D eigenvalue weighted by atomic mass is 35.5. The Hall–Kier alpha value is -10.6. The third kappa shape index (κ3) is 25.5. The Morgan fingerprint density at radius 3 is 1.45 bits per heavy atom. The molecule has 0 saturated heterocycles. The molecule has 98 heavy (non-hydrogen) atoms. The molecule has 0 atom stereocenters. The Morgan fingerprint density at radius 2 is 0.969 bits per heavy atom. The number of aliphatic hydroxyl groups is 1. The molecule has 10 aromatic rings. The van der Waals surface area contributed by atoms with Crippen LogP contribution in [0.4, 0.5) is 4.39 Å². The fraction of sp³-hybridized carbons (Fsp3) is 0.315. The van der Waals surface area contributed by atoms with E-state index < -0.39 is 35.6 Å². The first kappa shape index (κ1) is 89.4. The number of fused-ring (bicyclic) bond motifs is 5. The van der Waals surface area contributed by atoms with Gasteiger partial charge in [-0.3, -0.25) is 28.6 Å². The van der Waals surface area contributed by atoms with Crippen LogP contribution in [0.5, 0.6) is 11.5 Å². The molecule has 5 heterocycles. The lowest BCUT2D eigenvalue weighted by Crippen LogP contribution is -2.22. The van der Waals surface area contributed by atoms with Crippen LogP contribution in [0.1, 0.15) is 153 Å². The van der Waals surface area contributed by atoms with Crippen molar-refractivity contribution in [1.82, 2.24) is 24.9 Å². The Morgan fingerprint density at radius 1 is 0.571 bits per heavy atom. The zero-order chi connectivity index (χ0) is 67.1. The zero-order valence-electron chi connectivity index (χ0n) is 49.7. The summed E-state index contributed by atoms with van der Waals surface area (Å²) in [6, 6.07) is 44.3. The molecule has 21 nitrogen and oxygen atoms in total. The number of aromatic hydroxyl groups is 1. The topological polar surface area (TPSA) is 369 Å². The number of aromatic amines is 4. The van der Waals surface area contributed by atoms with Gasteiger partial charge in [-0.25, -0.2) is 14.6 Å². The zero-order valence-corrected chi connectivity index (χ0v) is 50.9. The van der Waals surface area contributed by atoms with Crippen LogP contribution in [0, 0.1) is 56.7 Å².